The molecular weight excluding hydrogens is 274 g/mol. The maximum atomic E-state index is 5.95. The van der Waals surface area contributed by atoms with Gasteiger partial charge in [0.25, 0.3) is 0 Å². The number of hydrogen-bond donors (Lipinski definition) is 0. The zero-order valence-electron chi connectivity index (χ0n) is 14.7. The normalized spacial score (nSPS) is 16.7. The van der Waals surface area contributed by atoms with Crippen molar-refractivity contribution in [3.8, 4) is 5.75 Å². The number of rotatable bonds is 6. The molecule has 1 aliphatic heterocycles. The maximum absolute atomic E-state index is 5.95. The summed E-state index contributed by atoms with van der Waals surface area (Å²) in [6.07, 6.45) is 2.30. The summed E-state index contributed by atoms with van der Waals surface area (Å²) in [6.45, 7) is 14.8. The first-order valence-electron chi connectivity index (χ1n) is 8.51. The van der Waals surface area contributed by atoms with Gasteiger partial charge in [-0.2, -0.15) is 0 Å². The van der Waals surface area contributed by atoms with E-state index in [1.165, 1.54) is 17.5 Å². The van der Waals surface area contributed by atoms with E-state index in [4.69, 9.17) is 9.47 Å². The van der Waals surface area contributed by atoms with Crippen molar-refractivity contribution >= 4 is 0 Å². The van der Waals surface area contributed by atoms with Crippen LogP contribution in [0.15, 0.2) is 18.2 Å². The Morgan fingerprint density at radius 3 is 2.50 bits per heavy atom. The SMILES string of the molecule is Cc1cc(C(C)(C)C)ccc1OCCCCN1CCOCC1. The zero-order valence-corrected chi connectivity index (χ0v) is 14.7. The van der Waals surface area contributed by atoms with Crippen LogP contribution >= 0.6 is 0 Å². The first-order chi connectivity index (χ1) is 10.5. The first kappa shape index (κ1) is 17.3. The fourth-order valence-corrected chi connectivity index (χ4v) is 2.72. The van der Waals surface area contributed by atoms with E-state index >= 15 is 0 Å². The van der Waals surface area contributed by atoms with E-state index < -0.39 is 0 Å². The summed E-state index contributed by atoms with van der Waals surface area (Å²) in [6, 6.07) is 6.57. The third-order valence-corrected chi connectivity index (χ3v) is 4.27. The van der Waals surface area contributed by atoms with E-state index in [0.717, 1.165) is 51.6 Å². The molecule has 1 aromatic rings. The van der Waals surface area contributed by atoms with Crippen LogP contribution in [0.25, 0.3) is 0 Å². The molecule has 2 rings (SSSR count). The molecule has 1 aromatic carbocycles. The number of unbranched alkanes of at least 4 members (excludes halogenated alkanes) is 1. The van der Waals surface area contributed by atoms with E-state index in [0.29, 0.717) is 0 Å². The molecule has 1 fully saturated rings. The molecule has 1 saturated heterocycles. The minimum absolute atomic E-state index is 0.196. The summed E-state index contributed by atoms with van der Waals surface area (Å²) >= 11 is 0. The molecule has 3 heteroatoms. The van der Waals surface area contributed by atoms with Crippen LogP contribution in [-0.2, 0) is 10.2 Å². The quantitative estimate of drug-likeness (QED) is 0.747. The maximum Gasteiger partial charge on any atom is 0.122 e. The van der Waals surface area contributed by atoms with Crippen molar-refractivity contribution in [3.63, 3.8) is 0 Å². The van der Waals surface area contributed by atoms with Gasteiger partial charge in [0.05, 0.1) is 19.8 Å². The van der Waals surface area contributed by atoms with E-state index in [9.17, 15) is 0 Å². The molecule has 22 heavy (non-hydrogen) atoms. The Morgan fingerprint density at radius 2 is 1.86 bits per heavy atom. The largest absolute Gasteiger partial charge is 0.493 e. The molecule has 124 valence electrons. The van der Waals surface area contributed by atoms with E-state index in [-0.39, 0.29) is 5.41 Å². The van der Waals surface area contributed by atoms with E-state index in [2.05, 4.69) is 50.8 Å². The number of benzene rings is 1. The number of hydrogen-bond acceptors (Lipinski definition) is 3. The summed E-state index contributed by atoms with van der Waals surface area (Å²) < 4.78 is 11.3. The predicted molar refractivity (Wildman–Crippen MR) is 91.9 cm³/mol. The van der Waals surface area contributed by atoms with Gasteiger partial charge in [0.1, 0.15) is 5.75 Å². The Morgan fingerprint density at radius 1 is 1.14 bits per heavy atom. The lowest BCUT2D eigenvalue weighted by molar-refractivity contribution is 0.0368. The van der Waals surface area contributed by atoms with Gasteiger partial charge in [0.2, 0.25) is 0 Å². The zero-order chi connectivity index (χ0) is 16.0. The van der Waals surface area contributed by atoms with E-state index in [1.54, 1.807) is 0 Å². The van der Waals surface area contributed by atoms with Gasteiger partial charge in [0.15, 0.2) is 0 Å². The molecule has 0 aromatic heterocycles. The highest BCUT2D eigenvalue weighted by atomic mass is 16.5. The van der Waals surface area contributed by atoms with Crippen LogP contribution in [-0.4, -0.2) is 44.4 Å². The van der Waals surface area contributed by atoms with Crippen molar-refractivity contribution < 1.29 is 9.47 Å². The van der Waals surface area contributed by atoms with Crippen molar-refractivity contribution in [1.82, 2.24) is 4.90 Å². The lowest BCUT2D eigenvalue weighted by atomic mass is 9.86. The summed E-state index contributed by atoms with van der Waals surface area (Å²) in [5.41, 5.74) is 2.80. The predicted octanol–water partition coefficient (Wildman–Crippen LogP) is 3.78. The van der Waals surface area contributed by atoms with Crippen LogP contribution in [0.1, 0.15) is 44.7 Å². The Bertz CT molecular complexity index is 459. The van der Waals surface area contributed by atoms with Gasteiger partial charge in [-0.15, -0.1) is 0 Å². The Hall–Kier alpha value is -1.06. The van der Waals surface area contributed by atoms with Gasteiger partial charge >= 0.3 is 0 Å². The summed E-state index contributed by atoms with van der Waals surface area (Å²) in [7, 11) is 0. The molecule has 0 unspecified atom stereocenters. The highest BCUT2D eigenvalue weighted by molar-refractivity contribution is 5.38. The lowest BCUT2D eigenvalue weighted by Crippen LogP contribution is -2.36. The average molecular weight is 305 g/mol. The second-order valence-corrected chi connectivity index (χ2v) is 7.24. The fourth-order valence-electron chi connectivity index (χ4n) is 2.72. The van der Waals surface area contributed by atoms with Gasteiger partial charge in [-0.1, -0.05) is 32.9 Å². The Kier molecular flexibility index (Phi) is 6.27. The number of ether oxygens (including phenoxy) is 2. The standard InChI is InChI=1S/C19H31NO2/c1-16-15-17(19(2,3)4)7-8-18(16)22-12-6-5-9-20-10-13-21-14-11-20/h7-8,15H,5-6,9-14H2,1-4H3. The molecule has 3 nitrogen and oxygen atoms in total. The minimum atomic E-state index is 0.196. The van der Waals surface area contributed by atoms with Crippen molar-refractivity contribution in [1.29, 1.82) is 0 Å². The molecule has 0 bridgehead atoms. The molecule has 0 amide bonds. The fraction of sp³-hybridized carbons (Fsp3) is 0.684. The summed E-state index contributed by atoms with van der Waals surface area (Å²) in [5, 5.41) is 0. The van der Waals surface area contributed by atoms with Gasteiger partial charge in [0, 0.05) is 13.1 Å². The monoisotopic (exact) mass is 305 g/mol. The summed E-state index contributed by atoms with van der Waals surface area (Å²) in [5.74, 6) is 1.03. The van der Waals surface area contributed by atoms with Crippen molar-refractivity contribution in [3.05, 3.63) is 29.3 Å². The highest BCUT2D eigenvalue weighted by Crippen LogP contribution is 2.27. The van der Waals surface area contributed by atoms with Crippen LogP contribution in [0.2, 0.25) is 0 Å². The van der Waals surface area contributed by atoms with E-state index in [1.807, 2.05) is 0 Å². The van der Waals surface area contributed by atoms with Gasteiger partial charge in [-0.05, 0) is 48.9 Å². The third kappa shape index (κ3) is 5.29. The van der Waals surface area contributed by atoms with Crippen LogP contribution in [0.3, 0.4) is 0 Å². The number of nitrogens with zero attached hydrogens (tertiary/aromatic N) is 1. The van der Waals surface area contributed by atoms with Crippen LogP contribution in [0.5, 0.6) is 5.75 Å². The van der Waals surface area contributed by atoms with Crippen LogP contribution in [0.4, 0.5) is 0 Å². The Labute approximate surface area is 135 Å². The smallest absolute Gasteiger partial charge is 0.122 e. The average Bonchev–Trinajstić information content (AvgIpc) is 2.48. The molecular formula is C19H31NO2. The minimum Gasteiger partial charge on any atom is -0.493 e. The van der Waals surface area contributed by atoms with Crippen molar-refractivity contribution in [2.45, 2.75) is 46.0 Å². The van der Waals surface area contributed by atoms with Gasteiger partial charge in [-0.25, -0.2) is 0 Å². The first-order valence-corrected chi connectivity index (χ1v) is 8.51. The number of aryl methyl sites for hydroxylation is 1. The molecule has 0 spiro atoms. The van der Waals surface area contributed by atoms with Crippen LogP contribution in [0, 0.1) is 6.92 Å². The third-order valence-electron chi connectivity index (χ3n) is 4.27. The number of morpholine rings is 1. The van der Waals surface area contributed by atoms with Gasteiger partial charge < -0.3 is 9.47 Å². The molecule has 1 aliphatic rings. The van der Waals surface area contributed by atoms with Crippen molar-refractivity contribution in [2.24, 2.45) is 0 Å². The molecule has 0 atom stereocenters. The second-order valence-electron chi connectivity index (χ2n) is 7.24. The molecule has 1 heterocycles. The van der Waals surface area contributed by atoms with Crippen molar-refractivity contribution in [2.75, 3.05) is 39.5 Å². The van der Waals surface area contributed by atoms with Gasteiger partial charge in [-0.3, -0.25) is 4.90 Å². The second kappa shape index (κ2) is 7.98. The molecule has 0 aliphatic carbocycles. The topological polar surface area (TPSA) is 21.7 Å². The molecule has 0 radical (unpaired) electrons. The highest BCUT2D eigenvalue weighted by Gasteiger charge is 2.14. The molecule has 0 saturated carbocycles. The summed E-state index contributed by atoms with van der Waals surface area (Å²) in [4.78, 5) is 2.48. The Balaban J connectivity index is 1.70. The van der Waals surface area contributed by atoms with Crippen LogP contribution < -0.4 is 4.74 Å². The lowest BCUT2D eigenvalue weighted by Gasteiger charge is -2.26. The molecule has 0 N–H and O–H groups in total.